The first-order valence-corrected chi connectivity index (χ1v) is 9.58. The highest BCUT2D eigenvalue weighted by molar-refractivity contribution is 5.85. The summed E-state index contributed by atoms with van der Waals surface area (Å²) in [6, 6.07) is 20.7. The minimum atomic E-state index is -0.682. The van der Waals surface area contributed by atoms with E-state index in [0.29, 0.717) is 19.8 Å². The topological polar surface area (TPSA) is 49.8 Å². The minimum Gasteiger partial charge on any atom is -0.481 e. The van der Waals surface area contributed by atoms with Gasteiger partial charge < -0.3 is 14.7 Å². The fraction of sp³-hybridized carbons (Fsp3) is 0.348. The molecule has 3 rings (SSSR count). The molecule has 0 aromatic heterocycles. The standard InChI is InChI=1S/C23H27NO3.ClH/c25-23(26)21-12-7-14-24(18-21)15-17-27-16-13-22(19-8-3-1-4-9-19)20-10-5-2-6-11-20;/h1-6,8-11,13,21H,7,12,14-18H2,(H,25,26);1H. The average Bonchev–Trinajstić information content (AvgIpc) is 2.72. The summed E-state index contributed by atoms with van der Waals surface area (Å²) in [5.74, 6) is -0.916. The Kier molecular flexibility index (Phi) is 9.21. The number of carbonyl (C=O) groups is 1. The third kappa shape index (κ3) is 6.48. The number of piperidine rings is 1. The van der Waals surface area contributed by atoms with Crippen LogP contribution in [0.15, 0.2) is 66.7 Å². The van der Waals surface area contributed by atoms with Gasteiger partial charge in [-0.2, -0.15) is 0 Å². The van der Waals surface area contributed by atoms with Crippen LogP contribution in [0.2, 0.25) is 0 Å². The van der Waals surface area contributed by atoms with Crippen LogP contribution < -0.4 is 0 Å². The molecule has 1 saturated heterocycles. The normalized spacial score (nSPS) is 16.8. The molecule has 1 fully saturated rings. The summed E-state index contributed by atoms with van der Waals surface area (Å²) in [6.07, 6.45) is 3.86. The quantitative estimate of drug-likeness (QED) is 0.668. The summed E-state index contributed by atoms with van der Waals surface area (Å²) in [5.41, 5.74) is 3.51. The van der Waals surface area contributed by atoms with Crippen molar-refractivity contribution in [1.29, 1.82) is 0 Å². The minimum absolute atomic E-state index is 0. The number of hydrogen-bond acceptors (Lipinski definition) is 3. The summed E-state index contributed by atoms with van der Waals surface area (Å²) in [4.78, 5) is 13.4. The SMILES string of the molecule is Cl.O=C(O)C1CCCN(CCOCC=C(c2ccccc2)c2ccccc2)C1. The van der Waals surface area contributed by atoms with Crippen LogP contribution in [0.4, 0.5) is 0 Å². The van der Waals surface area contributed by atoms with Crippen LogP contribution in [-0.4, -0.2) is 48.8 Å². The van der Waals surface area contributed by atoms with E-state index in [1.807, 2.05) is 36.4 Å². The molecular weight excluding hydrogens is 374 g/mol. The Hall–Kier alpha value is -2.14. The molecule has 0 bridgehead atoms. The van der Waals surface area contributed by atoms with Gasteiger partial charge in [-0.25, -0.2) is 0 Å². The Bertz CT molecular complexity index is 707. The maximum atomic E-state index is 11.2. The van der Waals surface area contributed by atoms with Gasteiger partial charge in [0.15, 0.2) is 0 Å². The number of ether oxygens (including phenoxy) is 1. The summed E-state index contributed by atoms with van der Waals surface area (Å²) in [7, 11) is 0. The maximum Gasteiger partial charge on any atom is 0.307 e. The predicted molar refractivity (Wildman–Crippen MR) is 115 cm³/mol. The van der Waals surface area contributed by atoms with Gasteiger partial charge in [0, 0.05) is 13.1 Å². The number of hydrogen-bond donors (Lipinski definition) is 1. The predicted octanol–water partition coefficient (Wildman–Crippen LogP) is 4.35. The zero-order valence-corrected chi connectivity index (χ0v) is 16.8. The largest absolute Gasteiger partial charge is 0.481 e. The van der Waals surface area contributed by atoms with Crippen LogP contribution in [0.5, 0.6) is 0 Å². The van der Waals surface area contributed by atoms with Gasteiger partial charge in [0.1, 0.15) is 0 Å². The van der Waals surface area contributed by atoms with E-state index < -0.39 is 5.97 Å². The fourth-order valence-electron chi connectivity index (χ4n) is 3.52. The molecule has 0 radical (unpaired) electrons. The van der Waals surface area contributed by atoms with Gasteiger partial charge in [0.2, 0.25) is 0 Å². The molecule has 0 aliphatic carbocycles. The number of likely N-dealkylation sites (tertiary alicyclic amines) is 1. The van der Waals surface area contributed by atoms with E-state index in [1.165, 1.54) is 16.7 Å². The van der Waals surface area contributed by atoms with E-state index in [-0.39, 0.29) is 18.3 Å². The molecule has 2 aromatic carbocycles. The molecule has 0 amide bonds. The van der Waals surface area contributed by atoms with Crippen molar-refractivity contribution in [2.24, 2.45) is 5.92 Å². The molecule has 1 unspecified atom stereocenters. The molecule has 5 heteroatoms. The number of nitrogens with zero attached hydrogens (tertiary/aromatic N) is 1. The van der Waals surface area contributed by atoms with Crippen molar-refractivity contribution in [2.45, 2.75) is 12.8 Å². The van der Waals surface area contributed by atoms with Crippen LogP contribution in [0.1, 0.15) is 24.0 Å². The highest BCUT2D eigenvalue weighted by atomic mass is 35.5. The number of benzene rings is 2. The zero-order valence-electron chi connectivity index (χ0n) is 16.0. The second kappa shape index (κ2) is 11.6. The molecule has 1 N–H and O–H groups in total. The Morgan fingerprint density at radius 2 is 1.68 bits per heavy atom. The number of carboxylic acid groups (broad SMARTS) is 1. The highest BCUT2D eigenvalue weighted by Crippen LogP contribution is 2.23. The van der Waals surface area contributed by atoms with Gasteiger partial charge in [-0.05, 0) is 36.1 Å². The first kappa shape index (κ1) is 22.2. The summed E-state index contributed by atoms with van der Waals surface area (Å²) in [5, 5.41) is 9.18. The van der Waals surface area contributed by atoms with Crippen molar-refractivity contribution in [2.75, 3.05) is 32.8 Å². The second-order valence-corrected chi connectivity index (χ2v) is 6.90. The summed E-state index contributed by atoms with van der Waals surface area (Å²) >= 11 is 0. The fourth-order valence-corrected chi connectivity index (χ4v) is 3.52. The van der Waals surface area contributed by atoms with E-state index >= 15 is 0 Å². The smallest absolute Gasteiger partial charge is 0.307 e. The maximum absolute atomic E-state index is 11.2. The zero-order chi connectivity index (χ0) is 18.9. The van der Waals surface area contributed by atoms with E-state index in [2.05, 4.69) is 35.2 Å². The van der Waals surface area contributed by atoms with Crippen molar-refractivity contribution in [3.63, 3.8) is 0 Å². The molecular formula is C23H28ClNO3. The number of halogens is 1. The Balaban J connectivity index is 0.00000280. The van der Waals surface area contributed by atoms with Gasteiger partial charge in [-0.15, -0.1) is 12.4 Å². The molecule has 1 heterocycles. The highest BCUT2D eigenvalue weighted by Gasteiger charge is 2.24. The monoisotopic (exact) mass is 401 g/mol. The second-order valence-electron chi connectivity index (χ2n) is 6.90. The van der Waals surface area contributed by atoms with Crippen LogP contribution in [-0.2, 0) is 9.53 Å². The lowest BCUT2D eigenvalue weighted by molar-refractivity contribution is -0.143. The van der Waals surface area contributed by atoms with Crippen molar-refractivity contribution in [3.8, 4) is 0 Å². The Labute approximate surface area is 173 Å². The lowest BCUT2D eigenvalue weighted by Crippen LogP contribution is -2.40. The van der Waals surface area contributed by atoms with Crippen LogP contribution in [0, 0.1) is 5.92 Å². The van der Waals surface area contributed by atoms with Crippen LogP contribution >= 0.6 is 12.4 Å². The molecule has 1 aliphatic heterocycles. The third-order valence-electron chi connectivity index (χ3n) is 4.98. The van der Waals surface area contributed by atoms with Crippen molar-refractivity contribution < 1.29 is 14.6 Å². The van der Waals surface area contributed by atoms with E-state index in [9.17, 15) is 9.90 Å². The Morgan fingerprint density at radius 1 is 1.07 bits per heavy atom. The van der Waals surface area contributed by atoms with Crippen molar-refractivity contribution in [1.82, 2.24) is 4.90 Å². The molecule has 1 atom stereocenters. The number of carboxylic acids is 1. The summed E-state index contributed by atoms with van der Waals surface area (Å²) in [6.45, 7) is 3.52. The number of aliphatic carboxylic acids is 1. The molecule has 1 aliphatic rings. The number of rotatable bonds is 8. The lowest BCUT2D eigenvalue weighted by Gasteiger charge is -2.30. The van der Waals surface area contributed by atoms with E-state index in [4.69, 9.17) is 4.74 Å². The van der Waals surface area contributed by atoms with Gasteiger partial charge in [-0.3, -0.25) is 4.79 Å². The first-order chi connectivity index (χ1) is 13.2. The molecule has 0 spiro atoms. The molecule has 2 aromatic rings. The van der Waals surface area contributed by atoms with Gasteiger partial charge in [0.25, 0.3) is 0 Å². The van der Waals surface area contributed by atoms with Crippen molar-refractivity contribution >= 4 is 23.9 Å². The van der Waals surface area contributed by atoms with Crippen molar-refractivity contribution in [3.05, 3.63) is 77.9 Å². The molecule has 150 valence electrons. The Morgan fingerprint density at radius 3 is 2.25 bits per heavy atom. The van der Waals surface area contributed by atoms with Gasteiger partial charge in [0.05, 0.1) is 19.1 Å². The average molecular weight is 402 g/mol. The molecule has 28 heavy (non-hydrogen) atoms. The van der Waals surface area contributed by atoms with Crippen LogP contribution in [0.3, 0.4) is 0 Å². The van der Waals surface area contributed by atoms with Crippen LogP contribution in [0.25, 0.3) is 5.57 Å². The van der Waals surface area contributed by atoms with Gasteiger partial charge in [-0.1, -0.05) is 66.7 Å². The lowest BCUT2D eigenvalue weighted by atomic mass is 9.98. The van der Waals surface area contributed by atoms with Gasteiger partial charge >= 0.3 is 5.97 Å². The molecule has 4 nitrogen and oxygen atoms in total. The van der Waals surface area contributed by atoms with E-state index in [0.717, 1.165) is 25.9 Å². The molecule has 0 saturated carbocycles. The summed E-state index contributed by atoms with van der Waals surface area (Å²) < 4.78 is 5.84. The van der Waals surface area contributed by atoms with E-state index in [1.54, 1.807) is 0 Å². The third-order valence-corrected chi connectivity index (χ3v) is 4.98. The first-order valence-electron chi connectivity index (χ1n) is 9.58.